The van der Waals surface area contributed by atoms with Crippen LogP contribution in [0.1, 0.15) is 77.8 Å². The maximum Gasteiger partial charge on any atom is 0.296 e. The highest BCUT2D eigenvalue weighted by molar-refractivity contribution is 7.15. The van der Waals surface area contributed by atoms with Crippen molar-refractivity contribution in [3.8, 4) is 28.0 Å². The lowest BCUT2D eigenvalue weighted by Crippen LogP contribution is -2.49. The monoisotopic (exact) mass is 936 g/mol. The van der Waals surface area contributed by atoms with Gasteiger partial charge in [-0.05, 0) is 107 Å². The SMILES string of the molecule is Cc1sc2c(c1C)C(c1ccc(Cl)cc1)=N[C@@H](CC(=O)N1CCC(CN3CCN(CCOc4ccc(-c5nc6nc(O[C@H]7CCC[C@@H]7O)[nH]c6cc5Cl)cc4)CC3)CC1)c1nnc(C)n1-2. The van der Waals surface area contributed by atoms with Crippen molar-refractivity contribution in [3.63, 3.8) is 0 Å². The Labute approximate surface area is 392 Å². The molecule has 2 saturated heterocycles. The van der Waals surface area contributed by atoms with Crippen molar-refractivity contribution in [3.05, 3.63) is 97.9 Å². The number of aliphatic hydroxyl groups is 1. The number of carbonyl (C=O) groups excluding carboxylic acids is 1. The number of benzene rings is 2. The number of piperidine rings is 1. The van der Waals surface area contributed by atoms with E-state index in [1.807, 2.05) is 66.4 Å². The minimum atomic E-state index is -0.479. The lowest BCUT2D eigenvalue weighted by molar-refractivity contribution is -0.133. The highest BCUT2D eigenvalue weighted by atomic mass is 35.5. The molecule has 17 heteroatoms. The summed E-state index contributed by atoms with van der Waals surface area (Å²) < 4.78 is 14.2. The quantitative estimate of drug-likeness (QED) is 0.124. The fraction of sp³-hybridized carbons (Fsp3) is 0.458. The molecule has 4 aromatic heterocycles. The number of halogens is 2. The van der Waals surface area contributed by atoms with E-state index in [0.717, 1.165) is 123 Å². The zero-order chi connectivity index (χ0) is 44.8. The second kappa shape index (κ2) is 18.8. The van der Waals surface area contributed by atoms with E-state index in [-0.39, 0.29) is 18.4 Å². The summed E-state index contributed by atoms with van der Waals surface area (Å²) in [6.45, 7) is 14.3. The van der Waals surface area contributed by atoms with Gasteiger partial charge in [0.1, 0.15) is 35.3 Å². The highest BCUT2D eigenvalue weighted by Crippen LogP contribution is 2.40. The molecule has 10 rings (SSSR count). The van der Waals surface area contributed by atoms with Gasteiger partial charge in [0.15, 0.2) is 11.5 Å². The van der Waals surface area contributed by atoms with Crippen LogP contribution < -0.4 is 9.47 Å². The first kappa shape index (κ1) is 44.0. The number of hydrogen-bond donors (Lipinski definition) is 2. The molecule has 65 heavy (non-hydrogen) atoms. The van der Waals surface area contributed by atoms with Crippen molar-refractivity contribution in [2.24, 2.45) is 10.9 Å². The van der Waals surface area contributed by atoms with E-state index in [0.29, 0.717) is 51.3 Å². The van der Waals surface area contributed by atoms with Gasteiger partial charge in [-0.2, -0.15) is 4.98 Å². The number of nitrogens with zero attached hydrogens (tertiary/aromatic N) is 9. The van der Waals surface area contributed by atoms with E-state index in [1.54, 1.807) is 11.3 Å². The summed E-state index contributed by atoms with van der Waals surface area (Å²) in [5, 5.41) is 21.5. The number of aryl methyl sites for hydroxylation is 2. The fourth-order valence-electron chi connectivity index (χ4n) is 9.70. The molecule has 6 aromatic rings. The summed E-state index contributed by atoms with van der Waals surface area (Å²) in [5.41, 5.74) is 6.78. The summed E-state index contributed by atoms with van der Waals surface area (Å²) in [4.78, 5) is 40.0. The molecule has 1 amide bonds. The van der Waals surface area contributed by atoms with Gasteiger partial charge in [0.05, 0.1) is 34.5 Å². The van der Waals surface area contributed by atoms with Gasteiger partial charge in [-0.1, -0.05) is 35.3 Å². The molecule has 7 heterocycles. The van der Waals surface area contributed by atoms with Crippen LogP contribution in [0.5, 0.6) is 11.8 Å². The molecular weight excluding hydrogens is 884 g/mol. The molecule has 14 nitrogen and oxygen atoms in total. The van der Waals surface area contributed by atoms with Crippen LogP contribution in [0, 0.1) is 26.7 Å². The van der Waals surface area contributed by atoms with Gasteiger partial charge >= 0.3 is 0 Å². The Kier molecular flexibility index (Phi) is 12.7. The molecule has 3 atom stereocenters. The third-order valence-electron chi connectivity index (χ3n) is 13.6. The summed E-state index contributed by atoms with van der Waals surface area (Å²) in [6, 6.07) is 17.3. The zero-order valence-electron chi connectivity index (χ0n) is 37.0. The number of hydrogen-bond acceptors (Lipinski definition) is 12. The van der Waals surface area contributed by atoms with Gasteiger partial charge in [-0.25, -0.2) is 4.98 Å². The Morgan fingerprint density at radius 1 is 0.892 bits per heavy atom. The molecule has 2 aromatic carbocycles. The van der Waals surface area contributed by atoms with E-state index in [4.69, 9.17) is 42.7 Å². The number of imidazole rings is 1. The minimum Gasteiger partial charge on any atom is -0.492 e. The van der Waals surface area contributed by atoms with Crippen LogP contribution >= 0.6 is 34.5 Å². The number of aromatic amines is 1. The smallest absolute Gasteiger partial charge is 0.296 e. The number of ether oxygens (including phenoxy) is 2. The van der Waals surface area contributed by atoms with E-state index in [1.165, 1.54) is 10.4 Å². The van der Waals surface area contributed by atoms with E-state index in [9.17, 15) is 9.90 Å². The molecule has 4 aliphatic rings. The van der Waals surface area contributed by atoms with E-state index < -0.39 is 12.1 Å². The van der Waals surface area contributed by atoms with Crippen molar-refractivity contribution in [1.82, 2.24) is 44.4 Å². The van der Waals surface area contributed by atoms with E-state index in [2.05, 4.69) is 48.4 Å². The van der Waals surface area contributed by atoms with Crippen molar-refractivity contribution in [2.45, 2.75) is 77.5 Å². The van der Waals surface area contributed by atoms with Gasteiger partial charge in [0.2, 0.25) is 5.91 Å². The first-order valence-corrected chi connectivity index (χ1v) is 24.3. The second-order valence-corrected chi connectivity index (χ2v) is 19.9. The summed E-state index contributed by atoms with van der Waals surface area (Å²) >= 11 is 14.7. The number of thiophene rings is 1. The average molecular weight is 938 g/mol. The molecule has 0 bridgehead atoms. The zero-order valence-corrected chi connectivity index (χ0v) is 39.3. The van der Waals surface area contributed by atoms with Crippen molar-refractivity contribution >= 4 is 57.3 Å². The number of aliphatic imine (C=N–C) groups is 1. The van der Waals surface area contributed by atoms with Gasteiger partial charge in [-0.15, -0.1) is 21.5 Å². The average Bonchev–Trinajstić information content (AvgIpc) is 4.06. The Hall–Kier alpha value is -4.90. The number of rotatable bonds is 12. The van der Waals surface area contributed by atoms with Crippen LogP contribution in [0.25, 0.3) is 27.4 Å². The third-order valence-corrected chi connectivity index (χ3v) is 15.3. The molecule has 1 aliphatic carbocycles. The molecule has 3 fully saturated rings. The molecule has 0 spiro atoms. The number of amides is 1. The molecule has 3 aliphatic heterocycles. The number of aliphatic hydroxyl groups excluding tert-OH is 1. The lowest BCUT2D eigenvalue weighted by atomic mass is 9.95. The fourth-order valence-corrected chi connectivity index (χ4v) is 11.3. The van der Waals surface area contributed by atoms with Crippen LogP contribution in [0.4, 0.5) is 0 Å². The van der Waals surface area contributed by atoms with Crippen LogP contribution in [0.2, 0.25) is 10.0 Å². The van der Waals surface area contributed by atoms with Crippen molar-refractivity contribution in [2.75, 3.05) is 59.0 Å². The first-order valence-electron chi connectivity index (χ1n) is 22.8. The maximum absolute atomic E-state index is 14.0. The Morgan fingerprint density at radius 2 is 1.63 bits per heavy atom. The summed E-state index contributed by atoms with van der Waals surface area (Å²) in [6.07, 6.45) is 3.96. The van der Waals surface area contributed by atoms with Gasteiger partial charge in [0, 0.05) is 78.9 Å². The Bertz CT molecular complexity index is 2700. The number of aromatic nitrogens is 6. The largest absolute Gasteiger partial charge is 0.492 e. The van der Waals surface area contributed by atoms with Gasteiger partial charge in [0.25, 0.3) is 6.01 Å². The number of nitrogens with one attached hydrogen (secondary N) is 1. The Balaban J connectivity index is 0.681. The molecule has 0 radical (unpaired) electrons. The predicted molar refractivity (Wildman–Crippen MR) is 254 cm³/mol. The normalized spacial score (nSPS) is 20.7. The van der Waals surface area contributed by atoms with Crippen LogP contribution in [0.3, 0.4) is 0 Å². The Morgan fingerprint density at radius 3 is 2.37 bits per heavy atom. The number of carbonyl (C=O) groups is 1. The third kappa shape index (κ3) is 9.28. The van der Waals surface area contributed by atoms with Gasteiger partial charge in [-0.3, -0.25) is 19.3 Å². The maximum atomic E-state index is 14.0. The topological polar surface area (TPSA) is 150 Å². The number of pyridine rings is 1. The molecule has 2 N–H and O–H groups in total. The second-order valence-electron chi connectivity index (χ2n) is 17.8. The number of piperazine rings is 1. The highest BCUT2D eigenvalue weighted by Gasteiger charge is 2.35. The minimum absolute atomic E-state index is 0.111. The lowest BCUT2D eigenvalue weighted by Gasteiger charge is -2.39. The number of fused-ring (bicyclic) bond motifs is 4. The predicted octanol–water partition coefficient (Wildman–Crippen LogP) is 8.01. The summed E-state index contributed by atoms with van der Waals surface area (Å²) in [7, 11) is 0. The number of likely N-dealkylation sites (tertiary alicyclic amines) is 1. The summed E-state index contributed by atoms with van der Waals surface area (Å²) in [5.74, 6) is 2.97. The molecule has 1 saturated carbocycles. The molecule has 340 valence electrons. The van der Waals surface area contributed by atoms with Crippen LogP contribution in [-0.2, 0) is 4.79 Å². The van der Waals surface area contributed by atoms with Crippen LogP contribution in [-0.4, -0.2) is 132 Å². The van der Waals surface area contributed by atoms with E-state index >= 15 is 0 Å². The standard InChI is InChI=1S/C48H54Cl2N10O4S/c1-28-29(2)65-47-42(28)44(33-7-11-34(49)12-8-33)51-38(46-56-55-30(3)60(46)47)26-41(62)59-17-15-31(16-18-59)27-58-21-19-57(20-22-58)23-24-63-35-13-9-32(10-14-35)43-36(50)25-37-45(53-43)54-48(52-37)64-40-6-4-5-39(40)61/h7-14,25,31,38-40,61H,4-6,15-24,26-27H2,1-3H3,(H,52,53,54)/t38-,39-,40-/m0/s1. The molecular formula is C48H54Cl2N10O4S. The van der Waals surface area contributed by atoms with Gasteiger partial charge < -0.3 is 29.4 Å². The van der Waals surface area contributed by atoms with Crippen molar-refractivity contribution in [1.29, 1.82) is 0 Å². The molecule has 0 unspecified atom stereocenters. The van der Waals surface area contributed by atoms with Crippen LogP contribution in [0.15, 0.2) is 59.6 Å². The first-order chi connectivity index (χ1) is 31.5. The number of H-pyrrole nitrogens is 1. The van der Waals surface area contributed by atoms with Crippen molar-refractivity contribution < 1.29 is 19.4 Å².